The largest absolute Gasteiger partial charge is 0.487 e. The molecule has 0 aliphatic rings. The standard InChI is InChI=1S/C25H17Br2FN2O2/c26-22-12-16(14-29-30-25(31)18-8-10-20(28)11-9-18)13-23(27)24(22)32-15-19-6-3-5-17-4-1-2-7-21(17)19/h1-14H,15H2,(H,30,31)/b29-14-. The van der Waals surface area contributed by atoms with Crippen molar-refractivity contribution in [2.45, 2.75) is 6.61 Å². The third-order valence-corrected chi connectivity index (χ3v) is 5.94. The van der Waals surface area contributed by atoms with Crippen LogP contribution in [-0.2, 0) is 6.61 Å². The number of benzene rings is 4. The fourth-order valence-electron chi connectivity index (χ4n) is 3.19. The van der Waals surface area contributed by atoms with Gasteiger partial charge in [0.1, 0.15) is 18.2 Å². The molecule has 0 bridgehead atoms. The van der Waals surface area contributed by atoms with Gasteiger partial charge >= 0.3 is 0 Å². The molecule has 0 fully saturated rings. The number of carbonyl (C=O) groups excluding carboxylic acids is 1. The monoisotopic (exact) mass is 554 g/mol. The number of carbonyl (C=O) groups is 1. The van der Waals surface area contributed by atoms with Crippen molar-refractivity contribution < 1.29 is 13.9 Å². The van der Waals surface area contributed by atoms with Crippen molar-refractivity contribution in [1.29, 1.82) is 0 Å². The summed E-state index contributed by atoms with van der Waals surface area (Å²) in [6.45, 7) is 0.416. The Hall–Kier alpha value is -3.03. The lowest BCUT2D eigenvalue weighted by Crippen LogP contribution is -2.17. The Kier molecular flexibility index (Phi) is 6.97. The van der Waals surface area contributed by atoms with Crippen molar-refractivity contribution in [3.8, 4) is 5.75 Å². The van der Waals surface area contributed by atoms with E-state index in [4.69, 9.17) is 4.74 Å². The average Bonchev–Trinajstić information content (AvgIpc) is 2.79. The van der Waals surface area contributed by atoms with Crippen LogP contribution in [0.2, 0.25) is 0 Å². The molecule has 0 spiro atoms. The van der Waals surface area contributed by atoms with Gasteiger partial charge in [-0.05, 0) is 90.2 Å². The lowest BCUT2D eigenvalue weighted by molar-refractivity contribution is 0.0955. The molecule has 4 aromatic rings. The Morgan fingerprint density at radius 2 is 1.66 bits per heavy atom. The van der Waals surface area contributed by atoms with Crippen LogP contribution < -0.4 is 10.2 Å². The van der Waals surface area contributed by atoms with Crippen LogP contribution in [0.1, 0.15) is 21.5 Å². The number of hydrazone groups is 1. The SMILES string of the molecule is O=C(N/N=C\c1cc(Br)c(OCc2cccc3ccccc23)c(Br)c1)c1ccc(F)cc1. The molecular weight excluding hydrogens is 539 g/mol. The van der Waals surface area contributed by atoms with Crippen LogP contribution in [0.15, 0.2) is 92.9 Å². The van der Waals surface area contributed by atoms with E-state index in [1.165, 1.54) is 35.9 Å². The van der Waals surface area contributed by atoms with E-state index in [1.54, 1.807) is 0 Å². The smallest absolute Gasteiger partial charge is 0.271 e. The maximum Gasteiger partial charge on any atom is 0.271 e. The highest BCUT2D eigenvalue weighted by atomic mass is 79.9. The van der Waals surface area contributed by atoms with Gasteiger partial charge in [-0.3, -0.25) is 4.79 Å². The van der Waals surface area contributed by atoms with E-state index in [1.807, 2.05) is 30.3 Å². The summed E-state index contributed by atoms with van der Waals surface area (Å²) in [5, 5.41) is 6.30. The first-order chi connectivity index (χ1) is 15.5. The minimum absolute atomic E-state index is 0.322. The molecule has 0 saturated heterocycles. The second-order valence-corrected chi connectivity index (χ2v) is 8.66. The topological polar surface area (TPSA) is 50.7 Å². The molecule has 0 saturated carbocycles. The number of amides is 1. The Morgan fingerprint density at radius 1 is 0.969 bits per heavy atom. The van der Waals surface area contributed by atoms with Gasteiger partial charge in [0, 0.05) is 5.56 Å². The Bertz CT molecular complexity index is 1280. The van der Waals surface area contributed by atoms with Crippen LogP contribution in [0.4, 0.5) is 4.39 Å². The van der Waals surface area contributed by atoms with Crippen LogP contribution in [-0.4, -0.2) is 12.1 Å². The van der Waals surface area contributed by atoms with Gasteiger partial charge in [0.15, 0.2) is 0 Å². The second kappa shape index (κ2) is 10.1. The van der Waals surface area contributed by atoms with Gasteiger partial charge in [-0.25, -0.2) is 9.82 Å². The van der Waals surface area contributed by atoms with Gasteiger partial charge in [-0.15, -0.1) is 0 Å². The summed E-state index contributed by atoms with van der Waals surface area (Å²) in [7, 11) is 0. The predicted octanol–water partition coefficient (Wildman–Crippen LogP) is 6.85. The lowest BCUT2D eigenvalue weighted by atomic mass is 10.1. The maximum atomic E-state index is 13.0. The van der Waals surface area contributed by atoms with E-state index < -0.39 is 11.7 Å². The number of halogens is 3. The average molecular weight is 556 g/mol. The number of fused-ring (bicyclic) bond motifs is 1. The molecule has 1 N–H and O–H groups in total. The minimum atomic E-state index is -0.422. The predicted molar refractivity (Wildman–Crippen MR) is 132 cm³/mol. The van der Waals surface area contributed by atoms with Crippen molar-refractivity contribution in [1.82, 2.24) is 5.43 Å². The zero-order valence-corrected chi connectivity index (χ0v) is 19.9. The van der Waals surface area contributed by atoms with E-state index in [2.05, 4.69) is 66.7 Å². The third kappa shape index (κ3) is 5.23. The summed E-state index contributed by atoms with van der Waals surface area (Å²) in [6.07, 6.45) is 1.52. The first-order valence-corrected chi connectivity index (χ1v) is 11.3. The van der Waals surface area contributed by atoms with Crippen molar-refractivity contribution in [2.24, 2.45) is 5.10 Å². The first kappa shape index (κ1) is 22.2. The van der Waals surface area contributed by atoms with Crippen molar-refractivity contribution in [3.63, 3.8) is 0 Å². The van der Waals surface area contributed by atoms with E-state index in [0.717, 1.165) is 25.5 Å². The van der Waals surface area contributed by atoms with Crippen molar-refractivity contribution >= 4 is 54.8 Å². The van der Waals surface area contributed by atoms with Gasteiger partial charge < -0.3 is 4.74 Å². The molecule has 0 radical (unpaired) electrons. The molecule has 7 heteroatoms. The summed E-state index contributed by atoms with van der Waals surface area (Å²) in [5.41, 5.74) is 4.60. The summed E-state index contributed by atoms with van der Waals surface area (Å²) in [5.74, 6) is -0.151. The summed E-state index contributed by atoms with van der Waals surface area (Å²) < 4.78 is 20.6. The molecule has 0 unspecified atom stereocenters. The molecule has 0 aliphatic carbocycles. The summed E-state index contributed by atoms with van der Waals surface area (Å²) in [6, 6.07) is 23.3. The number of rotatable bonds is 6. The zero-order valence-electron chi connectivity index (χ0n) is 16.7. The van der Waals surface area contributed by atoms with Gasteiger partial charge in [0.25, 0.3) is 5.91 Å². The van der Waals surface area contributed by atoms with E-state index in [0.29, 0.717) is 17.9 Å². The number of hydrogen-bond acceptors (Lipinski definition) is 3. The molecular formula is C25H17Br2FN2O2. The highest BCUT2D eigenvalue weighted by Crippen LogP contribution is 2.35. The number of nitrogens with one attached hydrogen (secondary N) is 1. The highest BCUT2D eigenvalue weighted by Gasteiger charge is 2.10. The summed E-state index contributed by atoms with van der Waals surface area (Å²) >= 11 is 7.09. The van der Waals surface area contributed by atoms with Crippen molar-refractivity contribution in [2.75, 3.05) is 0 Å². The van der Waals surface area contributed by atoms with E-state index in [-0.39, 0.29) is 0 Å². The van der Waals surface area contributed by atoms with Crippen LogP contribution in [0.3, 0.4) is 0 Å². The second-order valence-electron chi connectivity index (χ2n) is 6.95. The first-order valence-electron chi connectivity index (χ1n) is 9.69. The van der Waals surface area contributed by atoms with E-state index in [9.17, 15) is 9.18 Å². The molecule has 0 aromatic heterocycles. The van der Waals surface area contributed by atoms with Crippen LogP contribution >= 0.6 is 31.9 Å². The van der Waals surface area contributed by atoms with Gasteiger partial charge in [0.2, 0.25) is 0 Å². The quantitative estimate of drug-likeness (QED) is 0.209. The fraction of sp³-hybridized carbons (Fsp3) is 0.0400. The minimum Gasteiger partial charge on any atom is -0.487 e. The number of ether oxygens (including phenoxy) is 1. The Balaban J connectivity index is 1.44. The van der Waals surface area contributed by atoms with Gasteiger partial charge in [0.05, 0.1) is 15.2 Å². The van der Waals surface area contributed by atoms with Crippen molar-refractivity contribution in [3.05, 3.63) is 110 Å². The molecule has 0 aliphatic heterocycles. The van der Waals surface area contributed by atoms with Crippen LogP contribution in [0, 0.1) is 5.82 Å². The molecule has 0 atom stereocenters. The maximum absolute atomic E-state index is 13.0. The van der Waals surface area contributed by atoms with Crippen LogP contribution in [0.25, 0.3) is 10.8 Å². The summed E-state index contributed by atoms with van der Waals surface area (Å²) in [4.78, 5) is 12.1. The number of nitrogens with zero attached hydrogens (tertiary/aromatic N) is 1. The molecule has 0 heterocycles. The highest BCUT2D eigenvalue weighted by molar-refractivity contribution is 9.11. The zero-order chi connectivity index (χ0) is 22.5. The van der Waals surface area contributed by atoms with E-state index >= 15 is 0 Å². The molecule has 4 aromatic carbocycles. The fourth-order valence-corrected chi connectivity index (χ4v) is 4.64. The Morgan fingerprint density at radius 3 is 2.41 bits per heavy atom. The molecule has 4 nitrogen and oxygen atoms in total. The molecule has 1 amide bonds. The normalized spacial score (nSPS) is 11.1. The van der Waals surface area contributed by atoms with Gasteiger partial charge in [-0.2, -0.15) is 5.10 Å². The molecule has 160 valence electrons. The number of hydrogen-bond donors (Lipinski definition) is 1. The van der Waals surface area contributed by atoms with Crippen LogP contribution in [0.5, 0.6) is 5.75 Å². The van der Waals surface area contributed by atoms with Gasteiger partial charge in [-0.1, -0.05) is 42.5 Å². The molecule has 32 heavy (non-hydrogen) atoms. The Labute approximate surface area is 201 Å². The third-order valence-electron chi connectivity index (χ3n) is 4.76. The lowest BCUT2D eigenvalue weighted by Gasteiger charge is -2.13. The molecule has 4 rings (SSSR count).